The fourth-order valence-corrected chi connectivity index (χ4v) is 5.99. The fourth-order valence-electron chi connectivity index (χ4n) is 5.03. The molecule has 3 atom stereocenters. The van der Waals surface area contributed by atoms with Gasteiger partial charge in [0.25, 0.3) is 11.6 Å². The molecule has 0 aromatic heterocycles. The molecule has 206 valence electrons. The van der Waals surface area contributed by atoms with Crippen LogP contribution in [0.15, 0.2) is 114 Å². The van der Waals surface area contributed by atoms with Gasteiger partial charge >= 0.3 is 10.1 Å². The summed E-state index contributed by atoms with van der Waals surface area (Å²) in [5.74, 6) is -1.99. The molecular formula is C29H21N3O8S. The van der Waals surface area contributed by atoms with Crippen LogP contribution in [0.4, 0.5) is 17.1 Å². The number of non-ortho nitro benzene ring substituents is 1. The van der Waals surface area contributed by atoms with Crippen LogP contribution in [0.1, 0.15) is 11.6 Å². The summed E-state index contributed by atoms with van der Waals surface area (Å²) >= 11 is 0. The van der Waals surface area contributed by atoms with E-state index in [-0.39, 0.29) is 22.0 Å². The monoisotopic (exact) mass is 571 g/mol. The van der Waals surface area contributed by atoms with Gasteiger partial charge in [-0.2, -0.15) is 8.42 Å². The molecule has 2 heterocycles. The van der Waals surface area contributed by atoms with Gasteiger partial charge in [-0.1, -0.05) is 54.6 Å². The van der Waals surface area contributed by atoms with Crippen LogP contribution in [0.25, 0.3) is 0 Å². The van der Waals surface area contributed by atoms with Gasteiger partial charge in [0.2, 0.25) is 5.91 Å². The van der Waals surface area contributed by atoms with Crippen molar-refractivity contribution in [2.24, 2.45) is 5.92 Å². The number of anilines is 2. The lowest BCUT2D eigenvalue weighted by Gasteiger charge is -2.28. The van der Waals surface area contributed by atoms with Crippen molar-refractivity contribution in [1.29, 1.82) is 0 Å². The van der Waals surface area contributed by atoms with E-state index in [2.05, 4.69) is 0 Å². The standard InChI is InChI=1S/C29H21N3O8S/c33-28-25-26(19-14-16-23(17-15-19)40-41(37,38)24-12-5-2-6-13-24)31(21-10-7-11-22(18-21)32(35)36)39-27(25)29(34)30(28)20-8-3-1-4-9-20/h1-18,25-27H/t25-,26-,27-/m0/s1. The number of nitro benzene ring substituents is 1. The van der Waals surface area contributed by atoms with Gasteiger partial charge in [-0.25, -0.2) is 9.96 Å². The number of hydrogen-bond acceptors (Lipinski definition) is 9. The lowest BCUT2D eigenvalue weighted by Crippen LogP contribution is -2.37. The summed E-state index contributed by atoms with van der Waals surface area (Å²) in [5.41, 5.74) is 0.985. The van der Waals surface area contributed by atoms with Gasteiger partial charge < -0.3 is 4.18 Å². The van der Waals surface area contributed by atoms with E-state index >= 15 is 0 Å². The minimum atomic E-state index is -4.08. The average molecular weight is 572 g/mol. The third-order valence-electron chi connectivity index (χ3n) is 6.88. The molecule has 2 aliphatic rings. The highest BCUT2D eigenvalue weighted by molar-refractivity contribution is 7.87. The highest BCUT2D eigenvalue weighted by atomic mass is 32.2. The Morgan fingerprint density at radius 3 is 2.07 bits per heavy atom. The van der Waals surface area contributed by atoms with Crippen LogP contribution >= 0.6 is 0 Å². The molecule has 0 unspecified atom stereocenters. The SMILES string of the molecule is O=C1[C@@H]2[C@H](ON(c3cccc([N+](=O)[O-])c3)[C@H]2c2ccc(OS(=O)(=O)c3ccccc3)cc2)C(=O)N1c1ccccc1. The number of amides is 2. The summed E-state index contributed by atoms with van der Waals surface area (Å²) in [6.45, 7) is 0. The maximum absolute atomic E-state index is 13.7. The third kappa shape index (κ3) is 4.68. The second-order valence-corrected chi connectivity index (χ2v) is 10.9. The zero-order chi connectivity index (χ0) is 28.7. The first-order valence-corrected chi connectivity index (χ1v) is 13.9. The van der Waals surface area contributed by atoms with Crippen molar-refractivity contribution in [1.82, 2.24) is 0 Å². The van der Waals surface area contributed by atoms with Crippen LogP contribution in [0, 0.1) is 16.0 Å². The van der Waals surface area contributed by atoms with Crippen LogP contribution in [0.5, 0.6) is 5.75 Å². The molecule has 2 fully saturated rings. The molecule has 6 rings (SSSR count). The summed E-state index contributed by atoms with van der Waals surface area (Å²) in [5, 5.41) is 12.8. The van der Waals surface area contributed by atoms with Gasteiger partial charge in [-0.05, 0) is 48.0 Å². The van der Waals surface area contributed by atoms with E-state index in [0.29, 0.717) is 11.3 Å². The molecule has 0 bridgehead atoms. The molecule has 41 heavy (non-hydrogen) atoms. The maximum atomic E-state index is 13.7. The Labute approximate surface area is 234 Å². The molecule has 0 spiro atoms. The Bertz CT molecular complexity index is 1750. The number of carbonyl (C=O) groups excluding carboxylic acids is 2. The van der Waals surface area contributed by atoms with Gasteiger partial charge in [0.05, 0.1) is 22.3 Å². The summed E-state index contributed by atoms with van der Waals surface area (Å²) < 4.78 is 30.6. The predicted molar refractivity (Wildman–Crippen MR) is 146 cm³/mol. The van der Waals surface area contributed by atoms with E-state index < -0.39 is 44.9 Å². The van der Waals surface area contributed by atoms with Crippen LogP contribution in [0.2, 0.25) is 0 Å². The number of hydrogen-bond donors (Lipinski definition) is 0. The van der Waals surface area contributed by atoms with Gasteiger partial charge in [0.15, 0.2) is 6.10 Å². The molecule has 2 saturated heterocycles. The number of nitro groups is 1. The smallest absolute Gasteiger partial charge is 0.339 e. The number of benzene rings is 4. The zero-order valence-electron chi connectivity index (χ0n) is 21.1. The van der Waals surface area contributed by atoms with E-state index in [0.717, 1.165) is 4.90 Å². The quantitative estimate of drug-likeness (QED) is 0.137. The number of rotatable bonds is 7. The molecule has 12 heteroatoms. The minimum absolute atomic E-state index is 0.0102. The Hall–Kier alpha value is -5.07. The molecule has 4 aromatic carbocycles. The first-order valence-electron chi connectivity index (χ1n) is 12.5. The number of carbonyl (C=O) groups is 2. The molecule has 2 amide bonds. The molecule has 0 radical (unpaired) electrons. The van der Waals surface area contributed by atoms with E-state index in [1.165, 1.54) is 47.5 Å². The zero-order valence-corrected chi connectivity index (χ0v) is 22.0. The van der Waals surface area contributed by atoms with Crippen molar-refractivity contribution in [2.45, 2.75) is 17.0 Å². The molecule has 2 aliphatic heterocycles. The third-order valence-corrected chi connectivity index (χ3v) is 8.15. The van der Waals surface area contributed by atoms with E-state index in [9.17, 15) is 28.1 Å². The van der Waals surface area contributed by atoms with Gasteiger partial charge in [-0.3, -0.25) is 24.5 Å². The summed E-state index contributed by atoms with van der Waals surface area (Å²) in [6, 6.07) is 27.0. The molecule has 0 aliphatic carbocycles. The number of nitrogens with zero attached hydrogens (tertiary/aromatic N) is 3. The Balaban J connectivity index is 1.37. The van der Waals surface area contributed by atoms with Crippen LogP contribution in [-0.4, -0.2) is 31.3 Å². The summed E-state index contributed by atoms with van der Waals surface area (Å²) in [7, 11) is -4.08. The number of para-hydroxylation sites is 1. The first-order chi connectivity index (χ1) is 19.7. The van der Waals surface area contributed by atoms with E-state index in [1.54, 1.807) is 66.7 Å². The maximum Gasteiger partial charge on any atom is 0.339 e. The summed E-state index contributed by atoms with van der Waals surface area (Å²) in [4.78, 5) is 45.2. The Morgan fingerprint density at radius 1 is 0.780 bits per heavy atom. The van der Waals surface area contributed by atoms with Crippen molar-refractivity contribution in [3.63, 3.8) is 0 Å². The van der Waals surface area contributed by atoms with Crippen molar-refractivity contribution < 1.29 is 32.0 Å². The van der Waals surface area contributed by atoms with Crippen LogP contribution in [0.3, 0.4) is 0 Å². The van der Waals surface area contributed by atoms with Crippen LogP contribution < -0.4 is 14.1 Å². The lowest BCUT2D eigenvalue weighted by atomic mass is 9.90. The molecule has 0 N–H and O–H groups in total. The van der Waals surface area contributed by atoms with Crippen LogP contribution in [-0.2, 0) is 24.5 Å². The van der Waals surface area contributed by atoms with E-state index in [4.69, 9.17) is 9.02 Å². The predicted octanol–water partition coefficient (Wildman–Crippen LogP) is 4.41. The van der Waals surface area contributed by atoms with Gasteiger partial charge in [-0.15, -0.1) is 0 Å². The number of imide groups is 1. The largest absolute Gasteiger partial charge is 0.379 e. The van der Waals surface area contributed by atoms with Crippen molar-refractivity contribution in [2.75, 3.05) is 9.96 Å². The van der Waals surface area contributed by atoms with Gasteiger partial charge in [0, 0.05) is 12.1 Å². The lowest BCUT2D eigenvalue weighted by molar-refractivity contribution is -0.384. The van der Waals surface area contributed by atoms with E-state index in [1.807, 2.05) is 0 Å². The fraction of sp³-hybridized carbons (Fsp3) is 0.103. The first kappa shape index (κ1) is 26.2. The minimum Gasteiger partial charge on any atom is -0.379 e. The molecular weight excluding hydrogens is 550 g/mol. The topological polar surface area (TPSA) is 136 Å². The Morgan fingerprint density at radius 2 is 1.41 bits per heavy atom. The highest BCUT2D eigenvalue weighted by Gasteiger charge is 2.60. The molecule has 11 nitrogen and oxygen atoms in total. The average Bonchev–Trinajstić information content (AvgIpc) is 3.49. The van der Waals surface area contributed by atoms with Crippen molar-refractivity contribution in [3.8, 4) is 5.75 Å². The normalized spacial score (nSPS) is 20.2. The number of fused-ring (bicyclic) bond motifs is 1. The van der Waals surface area contributed by atoms with Crippen molar-refractivity contribution in [3.05, 3.63) is 125 Å². The second kappa shape index (κ2) is 10.2. The summed E-state index contributed by atoms with van der Waals surface area (Å²) in [6.07, 6.45) is -1.18. The van der Waals surface area contributed by atoms with Crippen molar-refractivity contribution >= 4 is 39.0 Å². The second-order valence-electron chi connectivity index (χ2n) is 9.37. The molecule has 0 saturated carbocycles. The van der Waals surface area contributed by atoms with Gasteiger partial charge in [0.1, 0.15) is 16.6 Å². The number of hydroxylamine groups is 1. The highest BCUT2D eigenvalue weighted by Crippen LogP contribution is 2.48. The Kier molecular flexibility index (Phi) is 6.48. The molecule has 4 aromatic rings.